The molecule has 0 aliphatic heterocycles. The lowest BCUT2D eigenvalue weighted by Crippen LogP contribution is -2.26. The van der Waals surface area contributed by atoms with Gasteiger partial charge in [-0.1, -0.05) is 27.7 Å². The van der Waals surface area contributed by atoms with Crippen LogP contribution in [-0.4, -0.2) is 18.9 Å². The molecule has 64 valence electrons. The van der Waals surface area contributed by atoms with Gasteiger partial charge in [0.2, 0.25) is 0 Å². The Hall–Kier alpha value is -0.465. The highest BCUT2D eigenvalue weighted by molar-refractivity contribution is 6.26. The number of carboxylic acid groups (broad SMARTS) is 1. The van der Waals surface area contributed by atoms with E-state index in [1.165, 1.54) is 0 Å². The lowest BCUT2D eigenvalue weighted by molar-refractivity contribution is -0.141. The molecule has 0 radical (unpaired) electrons. The molecule has 0 aliphatic rings. The number of hydrogen-bond donors (Lipinski definition) is 1. The van der Waals surface area contributed by atoms with Gasteiger partial charge in [-0.2, -0.15) is 0 Å². The van der Waals surface area contributed by atoms with E-state index in [1.807, 2.05) is 0 Å². The Morgan fingerprint density at radius 3 is 1.82 bits per heavy atom. The molecule has 0 aromatic heterocycles. The first kappa shape index (κ1) is 10.5. The van der Waals surface area contributed by atoms with Crippen LogP contribution in [0.25, 0.3) is 0 Å². The molecule has 0 rings (SSSR count). The fourth-order valence-electron chi connectivity index (χ4n) is 1.40. The summed E-state index contributed by atoms with van der Waals surface area (Å²) in [5.41, 5.74) is 0.0852. The molecule has 0 aromatic rings. The zero-order valence-corrected chi connectivity index (χ0v) is 8.06. The van der Waals surface area contributed by atoms with Gasteiger partial charge >= 0.3 is 5.97 Å². The van der Waals surface area contributed by atoms with Crippen LogP contribution in [-0.2, 0) is 4.79 Å². The molecule has 0 amide bonds. The Morgan fingerprint density at radius 2 is 1.73 bits per heavy atom. The predicted molar refractivity (Wildman–Crippen MR) is 48.6 cm³/mol. The number of aliphatic carboxylic acids is 1. The quantitative estimate of drug-likeness (QED) is 0.612. The maximum Gasteiger partial charge on any atom is 0.301 e. The summed E-state index contributed by atoms with van der Waals surface area (Å²) in [6.07, 6.45) is 0.704. The van der Waals surface area contributed by atoms with Gasteiger partial charge in [0.25, 0.3) is 0 Å². The largest absolute Gasteiger partial charge is 0.481 e. The van der Waals surface area contributed by atoms with E-state index < -0.39 is 11.3 Å². The van der Waals surface area contributed by atoms with E-state index in [9.17, 15) is 4.79 Å². The maximum atomic E-state index is 10.7. The van der Waals surface area contributed by atoms with Crippen molar-refractivity contribution in [1.29, 1.82) is 0 Å². The van der Waals surface area contributed by atoms with Gasteiger partial charge in [0.05, 0.1) is 0 Å². The summed E-state index contributed by atoms with van der Waals surface area (Å²) in [5, 5.41) is 8.21. The van der Waals surface area contributed by atoms with Gasteiger partial charge in [-0.3, -0.25) is 4.79 Å². The lowest BCUT2D eigenvalue weighted by atomic mass is 9.62. The van der Waals surface area contributed by atoms with Crippen LogP contribution in [0.15, 0.2) is 0 Å². The molecule has 2 nitrogen and oxygen atoms in total. The van der Waals surface area contributed by atoms with Gasteiger partial charge < -0.3 is 5.11 Å². The molecule has 0 heterocycles. The normalized spacial score (nSPS) is 17.5. The van der Waals surface area contributed by atoms with Crippen molar-refractivity contribution in [3.05, 3.63) is 0 Å². The summed E-state index contributed by atoms with van der Waals surface area (Å²) in [6, 6.07) is 0. The fourth-order valence-corrected chi connectivity index (χ4v) is 1.40. The zero-order valence-electron chi connectivity index (χ0n) is 8.06. The molecular formula is C8H17BO2. The van der Waals surface area contributed by atoms with E-state index in [2.05, 4.69) is 20.8 Å². The number of hydrogen-bond acceptors (Lipinski definition) is 1. The highest BCUT2D eigenvalue weighted by Crippen LogP contribution is 2.36. The first-order valence-corrected chi connectivity index (χ1v) is 3.88. The summed E-state index contributed by atoms with van der Waals surface area (Å²) >= 11 is 0. The van der Waals surface area contributed by atoms with Gasteiger partial charge in [0, 0.05) is 5.31 Å². The third-order valence-corrected chi connectivity index (χ3v) is 1.55. The van der Waals surface area contributed by atoms with Crippen LogP contribution in [0.1, 0.15) is 34.1 Å². The average Bonchev–Trinajstić information content (AvgIpc) is 1.56. The molecule has 0 saturated heterocycles. The van der Waals surface area contributed by atoms with Crippen LogP contribution in [0, 0.1) is 5.41 Å². The summed E-state index contributed by atoms with van der Waals surface area (Å²) < 4.78 is 0. The Kier molecular flexibility index (Phi) is 2.76. The monoisotopic (exact) mass is 156 g/mol. The van der Waals surface area contributed by atoms with E-state index in [-0.39, 0.29) is 5.41 Å². The van der Waals surface area contributed by atoms with Crippen molar-refractivity contribution in [2.75, 3.05) is 0 Å². The fraction of sp³-hybridized carbons (Fsp3) is 0.875. The van der Waals surface area contributed by atoms with E-state index >= 15 is 0 Å². The number of rotatable bonds is 2. The molecule has 0 aromatic carbocycles. The third-order valence-electron chi connectivity index (χ3n) is 1.55. The van der Waals surface area contributed by atoms with Gasteiger partial charge in [-0.15, -0.1) is 0 Å². The topological polar surface area (TPSA) is 37.3 Å². The zero-order chi connectivity index (χ0) is 9.28. The van der Waals surface area contributed by atoms with Crippen molar-refractivity contribution in [3.63, 3.8) is 0 Å². The standard InChI is InChI=1S/C8H17BO2/c1-7(2,3)5-8(4,9)6(10)11/h5,9H2,1-4H3,(H,10,11). The smallest absolute Gasteiger partial charge is 0.301 e. The molecular weight excluding hydrogens is 139 g/mol. The van der Waals surface area contributed by atoms with E-state index in [4.69, 9.17) is 5.11 Å². The van der Waals surface area contributed by atoms with Crippen molar-refractivity contribution < 1.29 is 9.90 Å². The summed E-state index contributed by atoms with van der Waals surface area (Å²) in [5.74, 6) is -0.715. The van der Waals surface area contributed by atoms with Crippen LogP contribution in [0.4, 0.5) is 0 Å². The van der Waals surface area contributed by atoms with E-state index in [1.54, 1.807) is 14.8 Å². The summed E-state index contributed by atoms with van der Waals surface area (Å²) in [6.45, 7) is 7.92. The Bertz CT molecular complexity index is 156. The molecule has 1 atom stereocenters. The average molecular weight is 156 g/mol. The number of carboxylic acids is 1. The summed E-state index contributed by atoms with van der Waals surface area (Å²) in [4.78, 5) is 10.7. The molecule has 3 heteroatoms. The van der Waals surface area contributed by atoms with Crippen LogP contribution >= 0.6 is 0 Å². The SMILES string of the molecule is BC(C)(CC(C)(C)C)C(=O)O. The Labute approximate surface area is 69.4 Å². The molecule has 0 bridgehead atoms. The van der Waals surface area contributed by atoms with E-state index in [0.717, 1.165) is 0 Å². The van der Waals surface area contributed by atoms with Crippen LogP contribution in [0.3, 0.4) is 0 Å². The minimum absolute atomic E-state index is 0.0852. The van der Waals surface area contributed by atoms with Crippen molar-refractivity contribution in [2.45, 2.75) is 39.4 Å². The Balaban J connectivity index is 4.25. The van der Waals surface area contributed by atoms with E-state index in [0.29, 0.717) is 6.42 Å². The van der Waals surface area contributed by atoms with Crippen LogP contribution in [0.2, 0.25) is 5.31 Å². The van der Waals surface area contributed by atoms with Crippen LogP contribution in [0.5, 0.6) is 0 Å². The van der Waals surface area contributed by atoms with Gasteiger partial charge in [-0.05, 0) is 11.8 Å². The van der Waals surface area contributed by atoms with Crippen molar-refractivity contribution >= 4 is 13.8 Å². The highest BCUT2D eigenvalue weighted by atomic mass is 16.4. The molecule has 1 unspecified atom stereocenters. The minimum atomic E-state index is -0.715. The molecule has 11 heavy (non-hydrogen) atoms. The van der Waals surface area contributed by atoms with Crippen LogP contribution < -0.4 is 0 Å². The minimum Gasteiger partial charge on any atom is -0.481 e. The molecule has 0 aliphatic carbocycles. The third kappa shape index (κ3) is 4.07. The predicted octanol–water partition coefficient (Wildman–Crippen LogP) is 1.32. The first-order valence-electron chi connectivity index (χ1n) is 3.88. The van der Waals surface area contributed by atoms with Gasteiger partial charge in [0.1, 0.15) is 7.85 Å². The molecule has 0 spiro atoms. The first-order chi connectivity index (χ1) is 4.65. The van der Waals surface area contributed by atoms with Crippen molar-refractivity contribution in [1.82, 2.24) is 0 Å². The van der Waals surface area contributed by atoms with Gasteiger partial charge in [0.15, 0.2) is 0 Å². The maximum absolute atomic E-state index is 10.7. The summed E-state index contributed by atoms with van der Waals surface area (Å²) in [7, 11) is 1.76. The second kappa shape index (κ2) is 2.88. The van der Waals surface area contributed by atoms with Crippen molar-refractivity contribution in [2.24, 2.45) is 5.41 Å². The second-order valence-corrected chi connectivity index (χ2v) is 4.93. The Morgan fingerprint density at radius 1 is 1.36 bits per heavy atom. The molecule has 0 fully saturated rings. The second-order valence-electron chi connectivity index (χ2n) is 4.93. The van der Waals surface area contributed by atoms with Gasteiger partial charge in [-0.25, -0.2) is 0 Å². The highest BCUT2D eigenvalue weighted by Gasteiger charge is 2.31. The molecule has 1 N–H and O–H groups in total. The molecule has 0 saturated carbocycles. The number of carbonyl (C=O) groups is 1. The lowest BCUT2D eigenvalue weighted by Gasteiger charge is -2.28. The van der Waals surface area contributed by atoms with Crippen molar-refractivity contribution in [3.8, 4) is 0 Å².